The Morgan fingerprint density at radius 3 is 2.42 bits per heavy atom. The first-order chi connectivity index (χ1) is 21.7. The van der Waals surface area contributed by atoms with Crippen LogP contribution in [-0.2, 0) is 14.2 Å². The third kappa shape index (κ3) is 6.10. The van der Waals surface area contributed by atoms with Crippen LogP contribution in [0.2, 0.25) is 6.32 Å². The van der Waals surface area contributed by atoms with Crippen LogP contribution in [0.3, 0.4) is 0 Å². The lowest BCUT2D eigenvalue weighted by Gasteiger charge is -2.44. The number of aromatic hydroxyl groups is 1. The minimum atomic E-state index is -1.03. The highest BCUT2D eigenvalue weighted by atomic mass is 127. The molecule has 6 rings (SSSR count). The fraction of sp³-hybridized carbons (Fsp3) is 0.333. The van der Waals surface area contributed by atoms with Crippen LogP contribution >= 0.6 is 22.6 Å². The van der Waals surface area contributed by atoms with Crippen LogP contribution in [-0.4, -0.2) is 42.3 Å². The number of para-hydroxylation sites is 1. The summed E-state index contributed by atoms with van der Waals surface area (Å²) in [6.45, 7) is 4.26. The molecule has 4 atom stereocenters. The lowest BCUT2D eigenvalue weighted by molar-refractivity contribution is -0.122. The van der Waals surface area contributed by atoms with Crippen molar-refractivity contribution in [3.05, 3.63) is 98.6 Å². The second-order valence-corrected chi connectivity index (χ2v) is 13.5. The lowest BCUT2D eigenvalue weighted by Crippen LogP contribution is -2.46. The zero-order valence-electron chi connectivity index (χ0n) is 25.7. The smallest absolute Gasteiger partial charge is 0.455 e. The van der Waals surface area contributed by atoms with Crippen LogP contribution in [0.4, 0.5) is 5.69 Å². The van der Waals surface area contributed by atoms with E-state index in [1.165, 1.54) is 12.0 Å². The SMILES string of the molecule is COc1cc(/C=C(/CC[C@H]2OB(O)C[C@H]3C2=C(C(C)C)C[C@H]2C(=O)N(c4ccccc4)C(=O)[C@H]23)c2ccccc2)cc(I)c1O. The largest absolute Gasteiger partial charge is 0.504 e. The van der Waals surface area contributed by atoms with Gasteiger partial charge in [-0.15, -0.1) is 0 Å². The van der Waals surface area contributed by atoms with Gasteiger partial charge in [-0.3, -0.25) is 14.5 Å². The number of ether oxygens (including phenoxy) is 1. The number of carbonyl (C=O) groups is 2. The van der Waals surface area contributed by atoms with E-state index in [9.17, 15) is 19.7 Å². The molecule has 0 bridgehead atoms. The molecule has 9 heteroatoms. The van der Waals surface area contributed by atoms with Crippen LogP contribution < -0.4 is 9.64 Å². The second-order valence-electron chi connectivity index (χ2n) is 12.4. The summed E-state index contributed by atoms with van der Waals surface area (Å²) in [6.07, 6.45) is 3.74. The molecule has 2 aliphatic heterocycles. The van der Waals surface area contributed by atoms with E-state index < -0.39 is 25.1 Å². The number of rotatable bonds is 8. The predicted octanol–water partition coefficient (Wildman–Crippen LogP) is 6.98. The molecule has 2 saturated heterocycles. The molecule has 0 spiro atoms. The molecule has 7 nitrogen and oxygen atoms in total. The number of carbonyl (C=O) groups excluding carboxylic acids is 2. The molecule has 0 radical (unpaired) electrons. The van der Waals surface area contributed by atoms with E-state index in [-0.39, 0.29) is 35.7 Å². The highest BCUT2D eigenvalue weighted by Crippen LogP contribution is 2.52. The van der Waals surface area contributed by atoms with E-state index in [1.807, 2.05) is 48.5 Å². The Kier molecular flexibility index (Phi) is 9.22. The average Bonchev–Trinajstić information content (AvgIpc) is 3.29. The molecule has 2 fully saturated rings. The number of allylic oxidation sites excluding steroid dienone is 2. The minimum Gasteiger partial charge on any atom is -0.504 e. The molecule has 45 heavy (non-hydrogen) atoms. The maximum Gasteiger partial charge on any atom is 0.455 e. The summed E-state index contributed by atoms with van der Waals surface area (Å²) in [5, 5.41) is 21.4. The summed E-state index contributed by atoms with van der Waals surface area (Å²) in [4.78, 5) is 29.1. The normalized spacial score (nSPS) is 23.5. The number of nitrogens with zero attached hydrogens (tertiary/aromatic N) is 1. The Morgan fingerprint density at radius 1 is 1.07 bits per heavy atom. The fourth-order valence-corrected chi connectivity index (χ4v) is 7.98. The zero-order valence-corrected chi connectivity index (χ0v) is 27.8. The number of benzene rings is 3. The topological polar surface area (TPSA) is 96.3 Å². The number of methoxy groups -OCH3 is 1. The molecule has 232 valence electrons. The number of hydrogen-bond acceptors (Lipinski definition) is 6. The van der Waals surface area contributed by atoms with Crippen LogP contribution in [0.25, 0.3) is 11.6 Å². The summed E-state index contributed by atoms with van der Waals surface area (Å²) in [5.74, 6) is -0.892. The number of amides is 2. The second kappa shape index (κ2) is 13.1. The van der Waals surface area contributed by atoms with Gasteiger partial charge in [-0.05, 0) is 107 Å². The van der Waals surface area contributed by atoms with Crippen LogP contribution in [0.5, 0.6) is 11.5 Å². The van der Waals surface area contributed by atoms with E-state index in [1.54, 1.807) is 12.1 Å². The summed E-state index contributed by atoms with van der Waals surface area (Å²) in [5.41, 5.74) is 5.87. The number of phenols is 1. The Hall–Kier alpha value is -3.41. The third-order valence-electron chi connectivity index (χ3n) is 9.39. The van der Waals surface area contributed by atoms with Crippen molar-refractivity contribution in [3.63, 3.8) is 0 Å². The van der Waals surface area contributed by atoms with E-state index in [0.717, 1.165) is 27.8 Å². The molecule has 2 heterocycles. The molecular weight excluding hydrogens is 680 g/mol. The maximum absolute atomic E-state index is 14.0. The first-order valence-electron chi connectivity index (χ1n) is 15.5. The Labute approximate surface area is 278 Å². The summed E-state index contributed by atoms with van der Waals surface area (Å²) >= 11 is 2.10. The van der Waals surface area contributed by atoms with Gasteiger partial charge < -0.3 is 19.5 Å². The molecule has 3 aromatic rings. The number of halogens is 1. The van der Waals surface area contributed by atoms with Crippen molar-refractivity contribution >= 4 is 58.9 Å². The van der Waals surface area contributed by atoms with Gasteiger partial charge in [-0.1, -0.05) is 74.0 Å². The van der Waals surface area contributed by atoms with Gasteiger partial charge in [0.1, 0.15) is 0 Å². The lowest BCUT2D eigenvalue weighted by atomic mass is 9.57. The van der Waals surface area contributed by atoms with Crippen molar-refractivity contribution in [2.45, 2.75) is 45.5 Å². The number of phenolic OH excluding ortho intramolecular Hbond substituents is 1. The van der Waals surface area contributed by atoms with Gasteiger partial charge in [-0.25, -0.2) is 0 Å². The summed E-state index contributed by atoms with van der Waals surface area (Å²) < 4.78 is 12.4. The van der Waals surface area contributed by atoms with E-state index in [0.29, 0.717) is 34.3 Å². The van der Waals surface area contributed by atoms with Gasteiger partial charge in [0, 0.05) is 0 Å². The van der Waals surface area contributed by atoms with E-state index in [2.05, 4.69) is 54.6 Å². The van der Waals surface area contributed by atoms with Crippen LogP contribution in [0, 0.1) is 27.2 Å². The number of imide groups is 1. The molecule has 1 aliphatic carbocycles. The Balaban J connectivity index is 1.35. The Bertz CT molecular complexity index is 1660. The van der Waals surface area contributed by atoms with Crippen molar-refractivity contribution in [3.8, 4) is 11.5 Å². The third-order valence-corrected chi connectivity index (χ3v) is 10.2. The van der Waals surface area contributed by atoms with Gasteiger partial charge in [0.25, 0.3) is 0 Å². The van der Waals surface area contributed by atoms with Crippen molar-refractivity contribution in [2.24, 2.45) is 23.7 Å². The van der Waals surface area contributed by atoms with Crippen molar-refractivity contribution < 1.29 is 29.1 Å². The highest BCUT2D eigenvalue weighted by Gasteiger charge is 2.57. The number of hydrogen-bond donors (Lipinski definition) is 2. The fourth-order valence-electron chi connectivity index (χ4n) is 7.35. The molecule has 0 aromatic heterocycles. The van der Waals surface area contributed by atoms with Gasteiger partial charge in [-0.2, -0.15) is 0 Å². The predicted molar refractivity (Wildman–Crippen MR) is 184 cm³/mol. The van der Waals surface area contributed by atoms with Gasteiger partial charge in [0.15, 0.2) is 11.5 Å². The van der Waals surface area contributed by atoms with Gasteiger partial charge in [0.2, 0.25) is 11.8 Å². The number of anilines is 1. The maximum atomic E-state index is 14.0. The molecule has 3 aliphatic rings. The molecule has 2 amide bonds. The monoisotopic (exact) mass is 717 g/mol. The molecule has 3 aromatic carbocycles. The zero-order chi connectivity index (χ0) is 31.8. The molecule has 2 N–H and O–H groups in total. The number of fused-ring (bicyclic) bond motifs is 3. The standard InChI is InChI=1S/C36H37BINO6/c1-21(2)26-19-27-33(36(42)39(35(27)41)25-12-8-5-9-13-25)28-20-37(43)45-30(32(26)28)15-14-24(23-10-6-4-7-11-23)16-22-17-29(38)34(40)31(18-22)44-3/h4-13,16-18,21,27-28,30,33,40,43H,14-15,19-20H2,1-3H3/b24-16-/t27-,28+,30-,33-/m1/s1. The highest BCUT2D eigenvalue weighted by molar-refractivity contribution is 14.1. The quantitative estimate of drug-likeness (QED) is 0.0859. The minimum absolute atomic E-state index is 0.113. The first kappa shape index (κ1) is 31.6. The Morgan fingerprint density at radius 2 is 1.76 bits per heavy atom. The van der Waals surface area contributed by atoms with Gasteiger partial charge in [0.05, 0.1) is 34.3 Å². The van der Waals surface area contributed by atoms with Crippen LogP contribution in [0.1, 0.15) is 44.2 Å². The van der Waals surface area contributed by atoms with Crippen molar-refractivity contribution in [2.75, 3.05) is 12.0 Å². The van der Waals surface area contributed by atoms with E-state index >= 15 is 0 Å². The first-order valence-corrected chi connectivity index (χ1v) is 16.6. The van der Waals surface area contributed by atoms with Crippen molar-refractivity contribution in [1.29, 1.82) is 0 Å². The molecular formula is C36H37BINO6. The molecule has 0 unspecified atom stereocenters. The summed E-state index contributed by atoms with van der Waals surface area (Å²) in [7, 11) is 0.506. The van der Waals surface area contributed by atoms with E-state index in [4.69, 9.17) is 9.39 Å². The van der Waals surface area contributed by atoms with Crippen LogP contribution in [0.15, 0.2) is 83.9 Å². The average molecular weight is 717 g/mol. The summed E-state index contributed by atoms with van der Waals surface area (Å²) in [6, 6.07) is 23.0. The van der Waals surface area contributed by atoms with Crippen molar-refractivity contribution in [1.82, 2.24) is 0 Å². The molecule has 0 saturated carbocycles. The van der Waals surface area contributed by atoms with Gasteiger partial charge >= 0.3 is 7.12 Å².